The van der Waals surface area contributed by atoms with Gasteiger partial charge in [-0.2, -0.15) is 25.3 Å². The van der Waals surface area contributed by atoms with Gasteiger partial charge in [0, 0.05) is 42.8 Å². The van der Waals surface area contributed by atoms with Gasteiger partial charge in [-0.15, -0.1) is 0 Å². The van der Waals surface area contributed by atoms with E-state index in [0.29, 0.717) is 69.3 Å². The van der Waals surface area contributed by atoms with Crippen molar-refractivity contribution < 1.29 is 107 Å². The maximum absolute atomic E-state index is 14.2. The fourth-order valence-corrected chi connectivity index (χ4v) is 13.5. The lowest BCUT2D eigenvalue weighted by Crippen LogP contribution is -2.62. The summed E-state index contributed by atoms with van der Waals surface area (Å²) in [7, 11) is 0. The molecule has 0 unspecified atom stereocenters. The van der Waals surface area contributed by atoms with Crippen molar-refractivity contribution >= 4 is 132 Å². The van der Waals surface area contributed by atoms with E-state index in [2.05, 4.69) is 120 Å². The van der Waals surface area contributed by atoms with Crippen molar-refractivity contribution in [3.63, 3.8) is 0 Å². The summed E-state index contributed by atoms with van der Waals surface area (Å²) in [5.74, 6) is -19.8. The fraction of sp³-hybridized carbons (Fsp3) is 0.662. The smallest absolute Gasteiger partial charge is 0.326 e. The van der Waals surface area contributed by atoms with E-state index in [1.54, 1.807) is 41.5 Å². The van der Waals surface area contributed by atoms with E-state index < -0.39 is 253 Å². The molecule has 1 fully saturated rings. The Morgan fingerprint density at radius 3 is 1.26 bits per heavy atom. The SMILES string of the molecule is CC(C)[C@H](NC(=O)CNC(=O)[C@H](CCCCN)NC(=O)[C@@H](NC(=O)[C@H](CCCCN)NC(=O)[C@@H](N)CCCCN)C(C)C)C(=O)NCC(=O)N[C@H](C(=O)N[C@H](C(=O)NCC(=O)N[C@@H](CS)C(=O)N[C@@H](CS)C(=O)N1CCC[C@H]1C(=O)N[C@H](C(=O)N[C@H](C(=O)N[C@@H](Cc1ccc(O)cc1)C(=O)NCC(=O)N[C@@H](Cc1cnc[nH]1)C(=O)O)C(C)C)[C@@H](C)O)C(C)C)[C@@H](C)O. The van der Waals surface area contributed by atoms with Crippen molar-refractivity contribution in [1.82, 2.24) is 99.9 Å². The van der Waals surface area contributed by atoms with Gasteiger partial charge in [-0.25, -0.2) is 9.78 Å². The van der Waals surface area contributed by atoms with Crippen molar-refractivity contribution in [2.75, 3.05) is 63.9 Å². The van der Waals surface area contributed by atoms with Crippen LogP contribution in [-0.2, 0) is 99.1 Å². The van der Waals surface area contributed by atoms with Gasteiger partial charge in [0.25, 0.3) is 0 Å². The van der Waals surface area contributed by atoms with E-state index in [9.17, 15) is 107 Å². The molecule has 3 rings (SSSR count). The summed E-state index contributed by atoms with van der Waals surface area (Å²) in [6.45, 7) is 12.8. The van der Waals surface area contributed by atoms with Crippen LogP contribution in [-0.4, -0.2) is 302 Å². The van der Waals surface area contributed by atoms with Crippen LogP contribution in [0.25, 0.3) is 0 Å². The number of benzene rings is 1. The standard InChI is InChI=1S/C80H133N23O22S2/c1-40(2)61(97-59(109)35-86-68(112)50(19-12-15-27-82)94-75(119)63(42(5)6)99-70(114)51(20-13-16-28-83)93-67(111)49(84)18-11-14-26-81)73(117)89-36-60(110)98-65(44(9)104)77(121)100-62(41(3)4)74(118)88-34-58(108)92-54(37-126)71(115)96-55(38-127)79(123)103-29-17-21-56(103)72(116)102-66(45(10)105)78(122)101-64(43(7)8)76(120)95-52(30-46-22-24-48(106)25-23-46)69(113)87-33-57(107)91-53(80(124)125)31-47-32-85-39-90-47/h22-25,32,39-45,49-56,61-66,104-106,126-127H,11-21,26-31,33-38,81-84H2,1-10H3,(H,85,90)(H,86,112)(H,87,113)(H,88,118)(H,89,117)(H,91,107)(H,92,108)(H,93,111)(H,94,119)(H,95,120)(H,96,115)(H,97,109)(H,98,110)(H,99,114)(H,100,121)(H,101,122)(H,102,116)(H,124,125)/t44-,45-,49+,50+,51+,52+,53+,54+,55+,56+,61+,62+,63+,64+,65+,66+/m1/s1. The number of thiol groups is 2. The molecule has 2 heterocycles. The van der Waals surface area contributed by atoms with Gasteiger partial charge in [0.1, 0.15) is 84.3 Å². The molecule has 1 aromatic heterocycles. The van der Waals surface area contributed by atoms with Gasteiger partial charge in [0.15, 0.2) is 0 Å². The van der Waals surface area contributed by atoms with Crippen molar-refractivity contribution in [2.45, 2.75) is 250 Å². The van der Waals surface area contributed by atoms with E-state index in [-0.39, 0.29) is 68.9 Å². The number of likely N-dealkylation sites (tertiary alicyclic amines) is 1. The number of aliphatic carboxylic acids is 1. The van der Waals surface area contributed by atoms with Gasteiger partial charge in [-0.1, -0.05) is 73.9 Å². The number of carbonyl (C=O) groups is 18. The number of H-pyrrole nitrogens is 1. The number of phenols is 1. The van der Waals surface area contributed by atoms with Gasteiger partial charge in [0.05, 0.1) is 50.8 Å². The van der Waals surface area contributed by atoms with Gasteiger partial charge in [-0.3, -0.25) is 81.5 Å². The zero-order chi connectivity index (χ0) is 95.5. The molecular weight excluding hydrogens is 1700 g/mol. The van der Waals surface area contributed by atoms with Crippen LogP contribution in [0.5, 0.6) is 5.75 Å². The molecule has 712 valence electrons. The summed E-state index contributed by atoms with van der Waals surface area (Å²) >= 11 is 8.48. The number of aromatic hydroxyl groups is 1. The lowest BCUT2D eigenvalue weighted by atomic mass is 10.00. The summed E-state index contributed by atoms with van der Waals surface area (Å²) in [6, 6.07) is -13.7. The predicted molar refractivity (Wildman–Crippen MR) is 469 cm³/mol. The zero-order valence-corrected chi connectivity index (χ0v) is 75.3. The summed E-state index contributed by atoms with van der Waals surface area (Å²) in [5, 5.41) is 80.9. The summed E-state index contributed by atoms with van der Waals surface area (Å²) < 4.78 is 0. The number of aromatic amines is 1. The molecule has 16 atom stereocenters. The number of hydrogen-bond acceptors (Lipinski definition) is 28. The lowest BCUT2D eigenvalue weighted by Gasteiger charge is -2.31. The molecule has 29 N–H and O–H groups in total. The zero-order valence-electron chi connectivity index (χ0n) is 73.5. The Morgan fingerprint density at radius 1 is 0.433 bits per heavy atom. The number of amides is 17. The van der Waals surface area contributed by atoms with Crippen molar-refractivity contribution in [3.05, 3.63) is 48.0 Å². The first-order valence-corrected chi connectivity index (χ1v) is 43.6. The highest BCUT2D eigenvalue weighted by atomic mass is 32.1. The monoisotopic (exact) mass is 1830 g/mol. The molecule has 1 aliphatic heterocycles. The second-order valence-electron chi connectivity index (χ2n) is 32.4. The van der Waals surface area contributed by atoms with Crippen LogP contribution < -0.4 is 108 Å². The number of hydrogen-bond donors (Lipinski definition) is 27. The Kier molecular flexibility index (Phi) is 49.6. The van der Waals surface area contributed by atoms with Gasteiger partial charge >= 0.3 is 5.97 Å². The van der Waals surface area contributed by atoms with Crippen LogP contribution in [0, 0.1) is 23.7 Å². The number of imidazole rings is 1. The van der Waals surface area contributed by atoms with Crippen LogP contribution >= 0.6 is 25.3 Å². The molecule has 0 radical (unpaired) electrons. The van der Waals surface area contributed by atoms with E-state index in [1.165, 1.54) is 57.6 Å². The van der Waals surface area contributed by atoms with Crippen LogP contribution in [0.3, 0.4) is 0 Å². The molecule has 0 aliphatic carbocycles. The number of carbonyl (C=O) groups excluding carboxylic acids is 17. The molecule has 0 spiro atoms. The van der Waals surface area contributed by atoms with Gasteiger partial charge in [-0.05, 0) is 139 Å². The number of carboxylic acids is 1. The Labute approximate surface area is 748 Å². The predicted octanol–water partition coefficient (Wildman–Crippen LogP) is -7.78. The molecule has 1 aliphatic rings. The molecular formula is C80H133N23O22S2. The van der Waals surface area contributed by atoms with Gasteiger partial charge < -0.3 is 138 Å². The Morgan fingerprint density at radius 2 is 0.811 bits per heavy atom. The maximum atomic E-state index is 14.2. The first-order chi connectivity index (χ1) is 59.9. The topological polar surface area (TPSA) is 717 Å². The third-order valence-electron chi connectivity index (χ3n) is 20.4. The number of aliphatic hydroxyl groups is 2. The quantitative estimate of drug-likeness (QED) is 0.0216. The number of nitrogens with two attached hydrogens (primary N) is 4. The molecule has 47 heteroatoms. The van der Waals surface area contributed by atoms with E-state index >= 15 is 0 Å². The molecule has 45 nitrogen and oxygen atoms in total. The average Bonchev–Trinajstić information content (AvgIpc) is 1.72. The molecule has 17 amide bonds. The van der Waals surface area contributed by atoms with Crippen LogP contribution in [0.4, 0.5) is 0 Å². The van der Waals surface area contributed by atoms with Crippen molar-refractivity contribution in [2.24, 2.45) is 46.6 Å². The molecule has 1 saturated heterocycles. The van der Waals surface area contributed by atoms with Crippen LogP contribution in [0.2, 0.25) is 0 Å². The highest BCUT2D eigenvalue weighted by molar-refractivity contribution is 7.80. The largest absolute Gasteiger partial charge is 0.508 e. The Bertz CT molecular complexity index is 3980. The average molecular weight is 1830 g/mol. The summed E-state index contributed by atoms with van der Waals surface area (Å²) in [5.41, 5.74) is 23.9. The molecule has 0 saturated carbocycles. The number of unbranched alkanes of at least 4 members (excludes halogenated alkanes) is 3. The highest BCUT2D eigenvalue weighted by Crippen LogP contribution is 2.21. The number of carboxylic acid groups (broad SMARTS) is 1. The second-order valence-corrected chi connectivity index (χ2v) is 33.1. The third-order valence-corrected chi connectivity index (χ3v) is 21.1. The fourth-order valence-electron chi connectivity index (χ4n) is 13.0. The lowest BCUT2D eigenvalue weighted by molar-refractivity contribution is -0.142. The van der Waals surface area contributed by atoms with E-state index in [0.717, 1.165) is 11.8 Å². The first kappa shape index (κ1) is 110. The first-order valence-electron chi connectivity index (χ1n) is 42.4. The molecule has 1 aromatic carbocycles. The third kappa shape index (κ3) is 38.7. The summed E-state index contributed by atoms with van der Waals surface area (Å²) in [6.07, 6.45) is 2.98. The minimum atomic E-state index is -1.76. The molecule has 127 heavy (non-hydrogen) atoms. The number of nitrogens with zero attached hydrogens (tertiary/aromatic N) is 2. The highest BCUT2D eigenvalue weighted by Gasteiger charge is 2.43. The normalized spacial score (nSPS) is 16.0. The van der Waals surface area contributed by atoms with Crippen molar-refractivity contribution in [3.8, 4) is 5.75 Å². The number of phenolic OH excluding ortho intramolecular Hbond substituents is 1. The number of rotatable bonds is 58. The second kappa shape index (κ2) is 57.1. The minimum absolute atomic E-state index is 0.0348. The van der Waals surface area contributed by atoms with Gasteiger partial charge in [0.2, 0.25) is 100 Å². The number of aromatic nitrogens is 2. The molecule has 0 bridgehead atoms. The Hall–Kier alpha value is -10.9. The summed E-state index contributed by atoms with van der Waals surface area (Å²) in [4.78, 5) is 252. The maximum Gasteiger partial charge on any atom is 0.326 e. The van der Waals surface area contributed by atoms with Crippen LogP contribution in [0.1, 0.15) is 151 Å². The van der Waals surface area contributed by atoms with E-state index in [1.807, 2.05) is 0 Å². The Balaban J connectivity index is 1.61. The molecule has 2 aromatic rings. The van der Waals surface area contributed by atoms with Crippen molar-refractivity contribution in [1.29, 1.82) is 0 Å². The minimum Gasteiger partial charge on any atom is -0.508 e. The number of aliphatic hydroxyl groups excluding tert-OH is 2. The van der Waals surface area contributed by atoms with Crippen LogP contribution in [0.15, 0.2) is 36.8 Å². The number of nitrogens with one attached hydrogen (secondary N) is 17. The van der Waals surface area contributed by atoms with E-state index in [4.69, 9.17) is 22.9 Å².